The molecule has 0 bridgehead atoms. The number of nitrogens with two attached hydrogens (primary N) is 1. The maximum atomic E-state index is 10.6. The Balaban J connectivity index is 2.88. The minimum Gasteiger partial charge on any atom is -0.369 e. The molecule has 1 amide bonds. The van der Waals surface area contributed by atoms with Gasteiger partial charge in [-0.2, -0.15) is 5.10 Å². The van der Waals surface area contributed by atoms with Crippen molar-refractivity contribution in [2.45, 2.75) is 33.2 Å². The van der Waals surface area contributed by atoms with Crippen LogP contribution >= 0.6 is 0 Å². The first-order valence-corrected chi connectivity index (χ1v) is 4.21. The van der Waals surface area contributed by atoms with Crippen LogP contribution in [-0.4, -0.2) is 20.7 Å². The second-order valence-corrected chi connectivity index (χ2v) is 3.26. The molecule has 0 aliphatic carbocycles. The first kappa shape index (κ1) is 9.70. The zero-order chi connectivity index (χ0) is 10.0. The lowest BCUT2D eigenvalue weighted by Crippen LogP contribution is -2.15. The molecule has 72 valence electrons. The molecule has 0 atom stereocenters. The summed E-state index contributed by atoms with van der Waals surface area (Å²) in [5.74, 6) is 0.908. The van der Waals surface area contributed by atoms with Crippen molar-refractivity contribution in [2.75, 3.05) is 0 Å². The number of aromatic nitrogens is 3. The molecule has 0 aliphatic heterocycles. The van der Waals surface area contributed by atoms with E-state index in [1.807, 2.05) is 20.8 Å². The predicted octanol–water partition coefficient (Wildman–Crippen LogP) is 0.195. The van der Waals surface area contributed by atoms with Gasteiger partial charge in [0.2, 0.25) is 5.91 Å². The smallest absolute Gasteiger partial charge is 0.225 e. The highest BCUT2D eigenvalue weighted by molar-refractivity contribution is 5.75. The zero-order valence-electron chi connectivity index (χ0n) is 8.11. The number of carbonyl (C=O) groups excluding carboxylic acids is 1. The monoisotopic (exact) mass is 182 g/mol. The maximum Gasteiger partial charge on any atom is 0.225 e. The lowest BCUT2D eigenvalue weighted by molar-refractivity contribution is -0.117. The van der Waals surface area contributed by atoms with Crippen molar-refractivity contribution in [1.82, 2.24) is 14.8 Å². The standard InChI is InChI=1S/C8H14N4O/c1-5(2)12-6(3)10-8(11-12)4-7(9)13/h5H,4H2,1-3H3,(H2,9,13). The Bertz CT molecular complexity index is 316. The quantitative estimate of drug-likeness (QED) is 0.725. The third-order valence-corrected chi connectivity index (χ3v) is 1.67. The van der Waals surface area contributed by atoms with Gasteiger partial charge in [0, 0.05) is 6.04 Å². The van der Waals surface area contributed by atoms with Gasteiger partial charge in [-0.3, -0.25) is 4.79 Å². The van der Waals surface area contributed by atoms with Gasteiger partial charge in [0.05, 0.1) is 6.42 Å². The van der Waals surface area contributed by atoms with Crippen LogP contribution in [0.5, 0.6) is 0 Å². The molecule has 0 radical (unpaired) electrons. The number of rotatable bonds is 3. The van der Waals surface area contributed by atoms with Gasteiger partial charge in [0.1, 0.15) is 5.82 Å². The Morgan fingerprint density at radius 2 is 2.23 bits per heavy atom. The molecule has 0 spiro atoms. The van der Waals surface area contributed by atoms with E-state index in [4.69, 9.17) is 5.73 Å². The van der Waals surface area contributed by atoms with Gasteiger partial charge in [0.15, 0.2) is 5.82 Å². The zero-order valence-corrected chi connectivity index (χ0v) is 8.11. The van der Waals surface area contributed by atoms with Crippen molar-refractivity contribution >= 4 is 5.91 Å². The fourth-order valence-electron chi connectivity index (χ4n) is 1.18. The fraction of sp³-hybridized carbons (Fsp3) is 0.625. The fourth-order valence-corrected chi connectivity index (χ4v) is 1.18. The number of aryl methyl sites for hydroxylation is 1. The van der Waals surface area contributed by atoms with Gasteiger partial charge in [-0.25, -0.2) is 9.67 Å². The van der Waals surface area contributed by atoms with E-state index in [0.29, 0.717) is 5.82 Å². The van der Waals surface area contributed by atoms with Crippen LogP contribution in [0.15, 0.2) is 0 Å². The molecule has 0 aromatic carbocycles. The lowest BCUT2D eigenvalue weighted by atomic mass is 10.4. The molecule has 13 heavy (non-hydrogen) atoms. The summed E-state index contributed by atoms with van der Waals surface area (Å²) in [4.78, 5) is 14.7. The molecular weight excluding hydrogens is 168 g/mol. The van der Waals surface area contributed by atoms with Crippen molar-refractivity contribution < 1.29 is 4.79 Å². The van der Waals surface area contributed by atoms with E-state index in [-0.39, 0.29) is 12.5 Å². The number of carbonyl (C=O) groups is 1. The van der Waals surface area contributed by atoms with Crippen molar-refractivity contribution in [3.63, 3.8) is 0 Å². The summed E-state index contributed by atoms with van der Waals surface area (Å²) < 4.78 is 1.78. The van der Waals surface area contributed by atoms with E-state index in [0.717, 1.165) is 5.82 Å². The van der Waals surface area contributed by atoms with Gasteiger partial charge in [-0.05, 0) is 20.8 Å². The van der Waals surface area contributed by atoms with Crippen molar-refractivity contribution in [3.05, 3.63) is 11.6 Å². The van der Waals surface area contributed by atoms with Crippen molar-refractivity contribution in [1.29, 1.82) is 0 Å². The SMILES string of the molecule is Cc1nc(CC(N)=O)nn1C(C)C. The van der Waals surface area contributed by atoms with Gasteiger partial charge >= 0.3 is 0 Å². The first-order valence-electron chi connectivity index (χ1n) is 4.21. The molecule has 0 aliphatic rings. The van der Waals surface area contributed by atoms with Crippen LogP contribution < -0.4 is 5.73 Å². The average Bonchev–Trinajstić information content (AvgIpc) is 2.29. The summed E-state index contributed by atoms with van der Waals surface area (Å²) in [6.07, 6.45) is 0.112. The summed E-state index contributed by atoms with van der Waals surface area (Å²) in [5, 5.41) is 4.15. The van der Waals surface area contributed by atoms with E-state index >= 15 is 0 Å². The minimum absolute atomic E-state index is 0.112. The largest absolute Gasteiger partial charge is 0.369 e. The number of nitrogens with zero attached hydrogens (tertiary/aromatic N) is 3. The third kappa shape index (κ3) is 2.27. The number of hydrogen-bond acceptors (Lipinski definition) is 3. The van der Waals surface area contributed by atoms with E-state index < -0.39 is 5.91 Å². The number of primary amides is 1. The van der Waals surface area contributed by atoms with Gasteiger partial charge in [-0.15, -0.1) is 0 Å². The first-order chi connectivity index (χ1) is 6.00. The van der Waals surface area contributed by atoms with Crippen molar-refractivity contribution in [2.24, 2.45) is 5.73 Å². The lowest BCUT2D eigenvalue weighted by Gasteiger charge is -2.04. The van der Waals surface area contributed by atoms with Gasteiger partial charge < -0.3 is 5.73 Å². The van der Waals surface area contributed by atoms with Crippen LogP contribution in [0.4, 0.5) is 0 Å². The van der Waals surface area contributed by atoms with Crippen LogP contribution in [0.1, 0.15) is 31.5 Å². The second kappa shape index (κ2) is 3.55. The van der Waals surface area contributed by atoms with Crippen LogP contribution in [-0.2, 0) is 11.2 Å². The molecule has 1 heterocycles. The number of hydrogen-bond donors (Lipinski definition) is 1. The minimum atomic E-state index is -0.402. The Labute approximate surface area is 76.9 Å². The van der Waals surface area contributed by atoms with Crippen LogP contribution in [0.2, 0.25) is 0 Å². The normalized spacial score (nSPS) is 10.8. The summed E-state index contributed by atoms with van der Waals surface area (Å²) in [6, 6.07) is 0.258. The van der Waals surface area contributed by atoms with Crippen LogP contribution in [0.25, 0.3) is 0 Å². The molecule has 1 aromatic rings. The third-order valence-electron chi connectivity index (χ3n) is 1.67. The summed E-state index contributed by atoms with van der Waals surface area (Å²) in [5.41, 5.74) is 5.03. The topological polar surface area (TPSA) is 73.8 Å². The molecule has 1 aromatic heterocycles. The molecule has 2 N–H and O–H groups in total. The van der Waals surface area contributed by atoms with E-state index in [2.05, 4.69) is 10.1 Å². The summed E-state index contributed by atoms with van der Waals surface area (Å²) in [6.45, 7) is 5.88. The molecule has 0 saturated heterocycles. The van der Waals surface area contributed by atoms with Crippen molar-refractivity contribution in [3.8, 4) is 0 Å². The predicted molar refractivity (Wildman–Crippen MR) is 48.0 cm³/mol. The Kier molecular flexibility index (Phi) is 2.65. The van der Waals surface area contributed by atoms with Crippen LogP contribution in [0, 0.1) is 6.92 Å². The molecule has 0 fully saturated rings. The molecular formula is C8H14N4O. The van der Waals surface area contributed by atoms with E-state index in [1.165, 1.54) is 0 Å². The highest BCUT2D eigenvalue weighted by atomic mass is 16.1. The molecule has 0 saturated carbocycles. The van der Waals surface area contributed by atoms with Crippen LogP contribution in [0.3, 0.4) is 0 Å². The highest BCUT2D eigenvalue weighted by Crippen LogP contribution is 2.06. The summed E-state index contributed by atoms with van der Waals surface area (Å²) in [7, 11) is 0. The van der Waals surface area contributed by atoms with Gasteiger partial charge in [0.25, 0.3) is 0 Å². The summed E-state index contributed by atoms with van der Waals surface area (Å²) >= 11 is 0. The highest BCUT2D eigenvalue weighted by Gasteiger charge is 2.09. The molecule has 1 rings (SSSR count). The molecule has 5 heteroatoms. The molecule has 5 nitrogen and oxygen atoms in total. The Morgan fingerprint density at radius 1 is 1.62 bits per heavy atom. The average molecular weight is 182 g/mol. The Hall–Kier alpha value is -1.39. The van der Waals surface area contributed by atoms with Gasteiger partial charge in [-0.1, -0.05) is 0 Å². The maximum absolute atomic E-state index is 10.6. The second-order valence-electron chi connectivity index (χ2n) is 3.26. The van der Waals surface area contributed by atoms with E-state index in [1.54, 1.807) is 4.68 Å². The Morgan fingerprint density at radius 3 is 2.62 bits per heavy atom. The van der Waals surface area contributed by atoms with E-state index in [9.17, 15) is 4.79 Å². The molecule has 0 unspecified atom stereocenters. The number of amides is 1.